The molecule has 0 radical (unpaired) electrons. The zero-order valence-electron chi connectivity index (χ0n) is 15.3. The van der Waals surface area contributed by atoms with Gasteiger partial charge in [0.05, 0.1) is 20.3 Å². The molecule has 1 saturated heterocycles. The van der Waals surface area contributed by atoms with E-state index in [1.54, 1.807) is 24.1 Å². The predicted octanol–water partition coefficient (Wildman–Crippen LogP) is 3.54. The van der Waals surface area contributed by atoms with Crippen molar-refractivity contribution < 1.29 is 18.7 Å². The van der Waals surface area contributed by atoms with E-state index in [4.69, 9.17) is 9.47 Å². The maximum Gasteiger partial charge on any atom is 0.270 e. The maximum atomic E-state index is 13.2. The lowest BCUT2D eigenvalue weighted by molar-refractivity contribution is -0.0231. The molecule has 2 aromatic carbocycles. The number of carbonyl (C=O) groups is 1. The van der Waals surface area contributed by atoms with Crippen LogP contribution in [0.1, 0.15) is 22.2 Å². The Morgan fingerprint density at radius 3 is 2.70 bits per heavy atom. The van der Waals surface area contributed by atoms with E-state index in [2.05, 4.69) is 0 Å². The Morgan fingerprint density at radius 2 is 1.96 bits per heavy atom. The van der Waals surface area contributed by atoms with Crippen LogP contribution < -0.4 is 4.74 Å². The molecule has 2 heterocycles. The van der Waals surface area contributed by atoms with Gasteiger partial charge in [0.25, 0.3) is 5.91 Å². The second-order valence-electron chi connectivity index (χ2n) is 6.68. The van der Waals surface area contributed by atoms with Crippen LogP contribution in [0.5, 0.6) is 5.75 Å². The van der Waals surface area contributed by atoms with E-state index in [-0.39, 0.29) is 17.8 Å². The molecular weight excluding hydrogens is 347 g/mol. The SMILES string of the molecule is COc1ccc2c(c1)cc(C(=O)N1CCOC(c3ccc(F)cc3)C1)n2C. The predicted molar refractivity (Wildman–Crippen MR) is 100 cm³/mol. The van der Waals surface area contributed by atoms with E-state index in [1.807, 2.05) is 35.9 Å². The number of carbonyl (C=O) groups excluding carboxylic acids is 1. The number of fused-ring (bicyclic) bond motifs is 1. The molecule has 1 atom stereocenters. The molecule has 3 aromatic rings. The third-order valence-corrected chi connectivity index (χ3v) is 5.06. The molecule has 0 aliphatic carbocycles. The molecular formula is C21H21FN2O3. The number of halogens is 1. The van der Waals surface area contributed by atoms with Gasteiger partial charge >= 0.3 is 0 Å². The summed E-state index contributed by atoms with van der Waals surface area (Å²) in [6, 6.07) is 13.9. The Kier molecular flexibility index (Phi) is 4.58. The molecule has 0 spiro atoms. The highest BCUT2D eigenvalue weighted by molar-refractivity contribution is 5.99. The molecule has 0 saturated carbocycles. The quantitative estimate of drug-likeness (QED) is 0.710. The smallest absolute Gasteiger partial charge is 0.270 e. The Morgan fingerprint density at radius 1 is 1.19 bits per heavy atom. The van der Waals surface area contributed by atoms with Crippen LogP contribution >= 0.6 is 0 Å². The highest BCUT2D eigenvalue weighted by Crippen LogP contribution is 2.27. The third kappa shape index (κ3) is 3.28. The van der Waals surface area contributed by atoms with Crippen molar-refractivity contribution in [2.24, 2.45) is 7.05 Å². The van der Waals surface area contributed by atoms with Gasteiger partial charge in [-0.2, -0.15) is 0 Å². The minimum absolute atomic E-state index is 0.0388. The number of ether oxygens (including phenoxy) is 2. The molecule has 1 fully saturated rings. The lowest BCUT2D eigenvalue weighted by Gasteiger charge is -2.33. The minimum Gasteiger partial charge on any atom is -0.497 e. The number of hydrogen-bond donors (Lipinski definition) is 0. The largest absolute Gasteiger partial charge is 0.497 e. The number of aryl methyl sites for hydroxylation is 1. The van der Waals surface area contributed by atoms with E-state index in [0.717, 1.165) is 22.2 Å². The Labute approximate surface area is 156 Å². The summed E-state index contributed by atoms with van der Waals surface area (Å²) in [4.78, 5) is 14.9. The fourth-order valence-corrected chi connectivity index (χ4v) is 3.53. The Bertz CT molecular complexity index is 981. The van der Waals surface area contributed by atoms with Gasteiger partial charge in [-0.3, -0.25) is 4.79 Å². The number of amides is 1. The van der Waals surface area contributed by atoms with Crippen LogP contribution in [0.15, 0.2) is 48.5 Å². The molecule has 1 aliphatic rings. The zero-order valence-corrected chi connectivity index (χ0v) is 15.3. The fourth-order valence-electron chi connectivity index (χ4n) is 3.53. The van der Waals surface area contributed by atoms with Gasteiger partial charge in [-0.15, -0.1) is 0 Å². The van der Waals surface area contributed by atoms with Gasteiger partial charge in [-0.05, 0) is 42.0 Å². The summed E-state index contributed by atoms with van der Waals surface area (Å²) in [6.45, 7) is 1.42. The zero-order chi connectivity index (χ0) is 19.0. The second kappa shape index (κ2) is 7.04. The third-order valence-electron chi connectivity index (χ3n) is 5.06. The number of rotatable bonds is 3. The van der Waals surface area contributed by atoms with Crippen LogP contribution in [-0.4, -0.2) is 42.2 Å². The topological polar surface area (TPSA) is 43.7 Å². The van der Waals surface area contributed by atoms with Crippen LogP contribution in [0.25, 0.3) is 10.9 Å². The molecule has 5 nitrogen and oxygen atoms in total. The van der Waals surface area contributed by atoms with Gasteiger partial charge in [-0.25, -0.2) is 4.39 Å². The highest BCUT2D eigenvalue weighted by Gasteiger charge is 2.28. The van der Waals surface area contributed by atoms with E-state index in [0.29, 0.717) is 25.4 Å². The number of hydrogen-bond acceptors (Lipinski definition) is 3. The summed E-state index contributed by atoms with van der Waals surface area (Å²) in [6.07, 6.45) is -0.252. The molecule has 140 valence electrons. The first-order valence-corrected chi connectivity index (χ1v) is 8.86. The summed E-state index contributed by atoms with van der Waals surface area (Å²) in [7, 11) is 3.51. The van der Waals surface area contributed by atoms with Gasteiger partial charge < -0.3 is 18.9 Å². The normalized spacial score (nSPS) is 17.3. The first-order valence-electron chi connectivity index (χ1n) is 8.86. The first kappa shape index (κ1) is 17.5. The molecule has 4 rings (SSSR count). The number of benzene rings is 2. The van der Waals surface area contributed by atoms with E-state index in [9.17, 15) is 9.18 Å². The Hall–Kier alpha value is -2.86. The molecule has 0 N–H and O–H groups in total. The van der Waals surface area contributed by atoms with E-state index >= 15 is 0 Å². The van der Waals surface area contributed by atoms with Crippen molar-refractivity contribution >= 4 is 16.8 Å². The number of morpholine rings is 1. The average Bonchev–Trinajstić information content (AvgIpc) is 3.04. The Balaban J connectivity index is 1.59. The number of aromatic nitrogens is 1. The highest BCUT2D eigenvalue weighted by atomic mass is 19.1. The lowest BCUT2D eigenvalue weighted by atomic mass is 10.1. The molecule has 1 unspecified atom stereocenters. The molecule has 1 aromatic heterocycles. The first-order chi connectivity index (χ1) is 13.1. The van der Waals surface area contributed by atoms with Crippen LogP contribution in [0.3, 0.4) is 0 Å². The van der Waals surface area contributed by atoms with Gasteiger partial charge in [0.2, 0.25) is 0 Å². The van der Waals surface area contributed by atoms with Crippen molar-refractivity contribution in [3.63, 3.8) is 0 Å². The lowest BCUT2D eigenvalue weighted by Crippen LogP contribution is -2.42. The van der Waals surface area contributed by atoms with Crippen molar-refractivity contribution in [3.8, 4) is 5.75 Å². The number of methoxy groups -OCH3 is 1. The van der Waals surface area contributed by atoms with Crippen molar-refractivity contribution in [2.75, 3.05) is 26.8 Å². The van der Waals surface area contributed by atoms with Gasteiger partial charge in [0, 0.05) is 24.5 Å². The van der Waals surface area contributed by atoms with Crippen LogP contribution in [-0.2, 0) is 11.8 Å². The van der Waals surface area contributed by atoms with Crippen molar-refractivity contribution in [3.05, 3.63) is 65.6 Å². The van der Waals surface area contributed by atoms with Crippen molar-refractivity contribution in [1.82, 2.24) is 9.47 Å². The molecule has 1 amide bonds. The number of nitrogens with zero attached hydrogens (tertiary/aromatic N) is 2. The van der Waals surface area contributed by atoms with E-state index < -0.39 is 0 Å². The van der Waals surface area contributed by atoms with Crippen LogP contribution in [0.4, 0.5) is 4.39 Å². The maximum absolute atomic E-state index is 13.2. The van der Waals surface area contributed by atoms with Gasteiger partial charge in [-0.1, -0.05) is 12.1 Å². The van der Waals surface area contributed by atoms with Crippen LogP contribution in [0.2, 0.25) is 0 Å². The van der Waals surface area contributed by atoms with E-state index in [1.165, 1.54) is 12.1 Å². The summed E-state index contributed by atoms with van der Waals surface area (Å²) in [5.41, 5.74) is 2.47. The molecule has 27 heavy (non-hydrogen) atoms. The monoisotopic (exact) mass is 368 g/mol. The van der Waals surface area contributed by atoms with Crippen LogP contribution in [0, 0.1) is 5.82 Å². The van der Waals surface area contributed by atoms with Crippen molar-refractivity contribution in [1.29, 1.82) is 0 Å². The summed E-state index contributed by atoms with van der Waals surface area (Å²) >= 11 is 0. The fraction of sp³-hybridized carbons (Fsp3) is 0.286. The average molecular weight is 368 g/mol. The molecule has 6 heteroatoms. The summed E-state index contributed by atoms with van der Waals surface area (Å²) in [5.74, 6) is 0.436. The molecule has 0 bridgehead atoms. The van der Waals surface area contributed by atoms with Crippen molar-refractivity contribution in [2.45, 2.75) is 6.10 Å². The van der Waals surface area contributed by atoms with Gasteiger partial charge in [0.1, 0.15) is 23.4 Å². The molecule has 1 aliphatic heterocycles. The summed E-state index contributed by atoms with van der Waals surface area (Å²) < 4.78 is 26.1. The minimum atomic E-state index is -0.284. The van der Waals surface area contributed by atoms with Gasteiger partial charge in [0.15, 0.2) is 0 Å². The second-order valence-corrected chi connectivity index (χ2v) is 6.68. The standard InChI is InChI=1S/C21H21FN2O3/c1-23-18-8-7-17(26-2)11-15(18)12-19(23)21(25)24-9-10-27-20(13-24)14-3-5-16(22)6-4-14/h3-8,11-12,20H,9-10,13H2,1-2H3. The summed E-state index contributed by atoms with van der Waals surface area (Å²) in [5, 5.41) is 0.962.